The van der Waals surface area contributed by atoms with E-state index in [0.29, 0.717) is 6.04 Å². The van der Waals surface area contributed by atoms with Crippen LogP contribution in [0.5, 0.6) is 0 Å². The van der Waals surface area contributed by atoms with Crippen LogP contribution < -0.4 is 5.32 Å². The Hall–Kier alpha value is -0.410. The summed E-state index contributed by atoms with van der Waals surface area (Å²) in [4.78, 5) is 4.46. The van der Waals surface area contributed by atoms with Crippen molar-refractivity contribution >= 4 is 11.3 Å². The van der Waals surface area contributed by atoms with Crippen molar-refractivity contribution in [2.45, 2.75) is 64.8 Å². The van der Waals surface area contributed by atoms with E-state index in [4.69, 9.17) is 0 Å². The number of nitrogens with one attached hydrogen (secondary N) is 1. The van der Waals surface area contributed by atoms with Gasteiger partial charge in [0.2, 0.25) is 0 Å². The molecule has 1 saturated carbocycles. The third-order valence-electron chi connectivity index (χ3n) is 4.50. The lowest BCUT2D eigenvalue weighted by Crippen LogP contribution is -2.39. The van der Waals surface area contributed by atoms with Gasteiger partial charge in [0.1, 0.15) is 0 Å². The van der Waals surface area contributed by atoms with Crippen LogP contribution in [0.4, 0.5) is 0 Å². The molecule has 108 valence electrons. The minimum Gasteiger partial charge on any atom is -0.314 e. The van der Waals surface area contributed by atoms with Crippen LogP contribution in [0.3, 0.4) is 0 Å². The van der Waals surface area contributed by atoms with Gasteiger partial charge in [0.05, 0.1) is 5.01 Å². The Morgan fingerprint density at radius 2 is 2.11 bits per heavy atom. The van der Waals surface area contributed by atoms with E-state index in [1.165, 1.54) is 43.5 Å². The fraction of sp³-hybridized carbons (Fsp3) is 0.812. The molecule has 0 aromatic carbocycles. The summed E-state index contributed by atoms with van der Waals surface area (Å²) in [7, 11) is 0. The van der Waals surface area contributed by atoms with Crippen molar-refractivity contribution < 1.29 is 0 Å². The van der Waals surface area contributed by atoms with Gasteiger partial charge in [-0.05, 0) is 31.2 Å². The van der Waals surface area contributed by atoms with E-state index in [1.807, 2.05) is 6.20 Å². The smallest absolute Gasteiger partial charge is 0.0940 e. The molecule has 1 atom stereocenters. The molecular formula is C16H28N2S. The van der Waals surface area contributed by atoms with Gasteiger partial charge in [0.15, 0.2) is 0 Å². The fourth-order valence-electron chi connectivity index (χ4n) is 3.50. The molecule has 0 radical (unpaired) electrons. The van der Waals surface area contributed by atoms with E-state index >= 15 is 0 Å². The first-order valence-electron chi connectivity index (χ1n) is 7.95. The molecule has 19 heavy (non-hydrogen) atoms. The average Bonchev–Trinajstić information content (AvgIpc) is 2.93. The maximum atomic E-state index is 4.46. The van der Waals surface area contributed by atoms with Crippen molar-refractivity contribution in [1.82, 2.24) is 10.3 Å². The van der Waals surface area contributed by atoms with Crippen molar-refractivity contribution in [3.8, 4) is 0 Å². The summed E-state index contributed by atoms with van der Waals surface area (Å²) in [6.45, 7) is 5.61. The SMILES string of the molecule is CCCC1CCC(C(Cc2nccs2)NCC)CC1. The Balaban J connectivity index is 1.85. The minimum atomic E-state index is 0.638. The summed E-state index contributed by atoms with van der Waals surface area (Å²) >= 11 is 1.80. The number of hydrogen-bond acceptors (Lipinski definition) is 3. The van der Waals surface area contributed by atoms with Crippen molar-refractivity contribution in [3.05, 3.63) is 16.6 Å². The molecule has 3 heteroatoms. The summed E-state index contributed by atoms with van der Waals surface area (Å²) in [5.41, 5.74) is 0. The van der Waals surface area contributed by atoms with Gasteiger partial charge in [-0.25, -0.2) is 4.98 Å². The van der Waals surface area contributed by atoms with Gasteiger partial charge in [-0.1, -0.05) is 39.5 Å². The molecule has 2 nitrogen and oxygen atoms in total. The molecule has 1 aromatic rings. The van der Waals surface area contributed by atoms with Crippen molar-refractivity contribution in [2.24, 2.45) is 11.8 Å². The van der Waals surface area contributed by atoms with Crippen molar-refractivity contribution in [2.75, 3.05) is 6.54 Å². The second kappa shape index (κ2) is 8.01. The highest BCUT2D eigenvalue weighted by molar-refractivity contribution is 7.09. The molecule has 2 rings (SSSR count). The van der Waals surface area contributed by atoms with Crippen LogP contribution in [0.2, 0.25) is 0 Å². The van der Waals surface area contributed by atoms with E-state index < -0.39 is 0 Å². The van der Waals surface area contributed by atoms with Gasteiger partial charge in [0, 0.05) is 24.0 Å². The van der Waals surface area contributed by atoms with Gasteiger partial charge in [0.25, 0.3) is 0 Å². The van der Waals surface area contributed by atoms with Crippen molar-refractivity contribution in [1.29, 1.82) is 0 Å². The molecule has 1 aromatic heterocycles. The highest BCUT2D eigenvalue weighted by Crippen LogP contribution is 2.34. The summed E-state index contributed by atoms with van der Waals surface area (Å²) in [6.07, 6.45) is 11.5. The van der Waals surface area contributed by atoms with E-state index in [1.54, 1.807) is 11.3 Å². The van der Waals surface area contributed by atoms with Gasteiger partial charge in [-0.2, -0.15) is 0 Å². The zero-order chi connectivity index (χ0) is 13.5. The topological polar surface area (TPSA) is 24.9 Å². The summed E-state index contributed by atoms with van der Waals surface area (Å²) in [5.74, 6) is 1.86. The summed E-state index contributed by atoms with van der Waals surface area (Å²) in [5, 5.41) is 7.09. The molecule has 1 N–H and O–H groups in total. The zero-order valence-electron chi connectivity index (χ0n) is 12.4. The monoisotopic (exact) mass is 280 g/mol. The molecule has 1 unspecified atom stereocenters. The lowest BCUT2D eigenvalue weighted by molar-refractivity contribution is 0.213. The van der Waals surface area contributed by atoms with Crippen LogP contribution in [0.15, 0.2) is 11.6 Å². The largest absolute Gasteiger partial charge is 0.314 e. The number of nitrogens with zero attached hydrogens (tertiary/aromatic N) is 1. The number of thiazole rings is 1. The van der Waals surface area contributed by atoms with Crippen molar-refractivity contribution in [3.63, 3.8) is 0 Å². The number of aromatic nitrogens is 1. The fourth-order valence-corrected chi connectivity index (χ4v) is 4.17. The zero-order valence-corrected chi connectivity index (χ0v) is 13.2. The van der Waals surface area contributed by atoms with E-state index in [-0.39, 0.29) is 0 Å². The molecule has 0 bridgehead atoms. The number of hydrogen-bond donors (Lipinski definition) is 1. The van der Waals surface area contributed by atoms with Crippen LogP contribution in [0, 0.1) is 11.8 Å². The maximum absolute atomic E-state index is 4.46. The quantitative estimate of drug-likeness (QED) is 0.807. The van der Waals surface area contributed by atoms with E-state index in [9.17, 15) is 0 Å². The predicted octanol–water partition coefficient (Wildman–Crippen LogP) is 4.27. The van der Waals surface area contributed by atoms with Gasteiger partial charge < -0.3 is 5.32 Å². The van der Waals surface area contributed by atoms with Crippen LogP contribution in [-0.4, -0.2) is 17.6 Å². The van der Waals surface area contributed by atoms with Gasteiger partial charge >= 0.3 is 0 Å². The third-order valence-corrected chi connectivity index (χ3v) is 5.30. The van der Waals surface area contributed by atoms with Gasteiger partial charge in [-0.3, -0.25) is 0 Å². The molecule has 1 fully saturated rings. The van der Waals surface area contributed by atoms with E-state index in [2.05, 4.69) is 29.5 Å². The second-order valence-corrected chi connectivity index (χ2v) is 6.84. The Labute approximate surface area is 122 Å². The Kier molecular flexibility index (Phi) is 6.32. The highest BCUT2D eigenvalue weighted by Gasteiger charge is 2.27. The first-order valence-corrected chi connectivity index (χ1v) is 8.83. The molecule has 0 aliphatic heterocycles. The lowest BCUT2D eigenvalue weighted by Gasteiger charge is -2.34. The normalized spacial score (nSPS) is 25.4. The average molecular weight is 280 g/mol. The second-order valence-electron chi connectivity index (χ2n) is 5.86. The Bertz CT molecular complexity index is 329. The first-order chi connectivity index (χ1) is 9.33. The van der Waals surface area contributed by atoms with E-state index in [0.717, 1.165) is 24.8 Å². The molecule has 1 aliphatic rings. The van der Waals surface area contributed by atoms with Crippen LogP contribution in [0.1, 0.15) is 57.4 Å². The number of likely N-dealkylation sites (N-methyl/N-ethyl adjacent to an activating group) is 1. The molecule has 1 aliphatic carbocycles. The molecular weight excluding hydrogens is 252 g/mol. The molecule has 1 heterocycles. The standard InChI is InChI=1S/C16H28N2S/c1-3-5-13-6-8-14(9-7-13)15(17-4-2)12-16-18-10-11-19-16/h10-11,13-15,17H,3-9,12H2,1-2H3. The van der Waals surface area contributed by atoms with Gasteiger partial charge in [-0.15, -0.1) is 11.3 Å². The molecule has 0 amide bonds. The Morgan fingerprint density at radius 3 is 2.68 bits per heavy atom. The molecule has 0 spiro atoms. The predicted molar refractivity (Wildman–Crippen MR) is 83.6 cm³/mol. The first kappa shape index (κ1) is 15.0. The lowest BCUT2D eigenvalue weighted by atomic mass is 9.76. The highest BCUT2D eigenvalue weighted by atomic mass is 32.1. The third kappa shape index (κ3) is 4.57. The summed E-state index contributed by atoms with van der Waals surface area (Å²) < 4.78 is 0. The van der Waals surface area contributed by atoms with Crippen LogP contribution >= 0.6 is 11.3 Å². The van der Waals surface area contributed by atoms with Crippen LogP contribution in [0.25, 0.3) is 0 Å². The van der Waals surface area contributed by atoms with Crippen LogP contribution in [-0.2, 0) is 6.42 Å². The number of rotatable bonds is 7. The molecule has 0 saturated heterocycles. The summed E-state index contributed by atoms with van der Waals surface area (Å²) in [6, 6.07) is 0.638. The minimum absolute atomic E-state index is 0.638. The maximum Gasteiger partial charge on any atom is 0.0940 e. The Morgan fingerprint density at radius 1 is 1.32 bits per heavy atom.